The number of piperazine rings is 1. The van der Waals surface area contributed by atoms with E-state index in [0.29, 0.717) is 5.75 Å². The van der Waals surface area contributed by atoms with Crippen LogP contribution in [0, 0.1) is 3.57 Å². The van der Waals surface area contributed by atoms with E-state index >= 15 is 0 Å². The molecule has 0 N–H and O–H groups in total. The Balaban J connectivity index is 1.79. The maximum absolute atomic E-state index is 12.3. The summed E-state index contributed by atoms with van der Waals surface area (Å²) in [5, 5.41) is 0. The van der Waals surface area contributed by atoms with Gasteiger partial charge in [0.2, 0.25) is 0 Å². The topological polar surface area (TPSA) is 32.8 Å². The average molecular weight is 507 g/mol. The second kappa shape index (κ2) is 8.02. The van der Waals surface area contributed by atoms with E-state index in [2.05, 4.69) is 38.5 Å². The molecular weight excluding hydrogens is 492 g/mol. The molecule has 0 saturated carbocycles. The van der Waals surface area contributed by atoms with E-state index in [1.54, 1.807) is 12.1 Å². The van der Waals surface area contributed by atoms with E-state index in [4.69, 9.17) is 4.74 Å². The van der Waals surface area contributed by atoms with Gasteiger partial charge in [-0.25, -0.2) is 0 Å². The third-order valence-corrected chi connectivity index (χ3v) is 4.41. The fraction of sp³-hybridized carbons (Fsp3) is 0.500. The summed E-state index contributed by atoms with van der Waals surface area (Å²) in [5.41, 5.74) is 0. The van der Waals surface area contributed by atoms with Crippen LogP contribution < -0.4 is 4.74 Å². The van der Waals surface area contributed by atoms with Crippen LogP contribution in [0.2, 0.25) is 0 Å². The van der Waals surface area contributed by atoms with Crippen molar-refractivity contribution in [3.05, 3.63) is 26.2 Å². The average Bonchev–Trinajstić information content (AvgIpc) is 2.43. The van der Waals surface area contributed by atoms with Gasteiger partial charge in [-0.05, 0) is 40.8 Å². The fourth-order valence-corrected chi connectivity index (χ4v) is 3.80. The monoisotopic (exact) mass is 506 g/mol. The highest BCUT2D eigenvalue weighted by atomic mass is 127. The lowest BCUT2D eigenvalue weighted by atomic mass is 10.3. The Hall–Kier alpha value is -0.550. The number of carbonyl (C=O) groups is 1. The third kappa shape index (κ3) is 6.46. The Morgan fingerprint density at radius 2 is 1.87 bits per heavy atom. The number of benzene rings is 1. The number of hydrogen-bond acceptors (Lipinski definition) is 3. The van der Waals surface area contributed by atoms with Crippen molar-refractivity contribution in [2.24, 2.45) is 0 Å². The number of nitrogens with zero attached hydrogens (tertiary/aromatic N) is 2. The largest absolute Gasteiger partial charge is 0.484 e. The Bertz CT molecular complexity index is 543. The molecule has 4 nitrogen and oxygen atoms in total. The molecule has 1 heterocycles. The van der Waals surface area contributed by atoms with E-state index in [1.807, 2.05) is 6.07 Å². The van der Waals surface area contributed by atoms with Crippen LogP contribution >= 0.6 is 38.5 Å². The van der Waals surface area contributed by atoms with E-state index in [0.717, 1.165) is 8.04 Å². The second-order valence-corrected chi connectivity index (χ2v) is 7.33. The van der Waals surface area contributed by atoms with Gasteiger partial charge in [-0.3, -0.25) is 9.69 Å². The minimum atomic E-state index is -4.20. The normalized spacial score (nSPS) is 16.5. The first kappa shape index (κ1) is 18.8. The Labute approximate surface area is 154 Å². The van der Waals surface area contributed by atoms with Crippen molar-refractivity contribution >= 4 is 44.4 Å². The number of rotatable bonds is 4. The highest BCUT2D eigenvalue weighted by molar-refractivity contribution is 14.1. The minimum absolute atomic E-state index is 0.119. The molecule has 23 heavy (non-hydrogen) atoms. The van der Waals surface area contributed by atoms with Crippen LogP contribution in [0.15, 0.2) is 22.7 Å². The van der Waals surface area contributed by atoms with Crippen molar-refractivity contribution in [1.82, 2.24) is 9.80 Å². The molecule has 1 aromatic carbocycles. The Kier molecular flexibility index (Phi) is 6.55. The van der Waals surface area contributed by atoms with Crippen molar-refractivity contribution in [3.8, 4) is 5.75 Å². The molecule has 0 spiro atoms. The quantitative estimate of drug-likeness (QED) is 0.588. The molecule has 0 bridgehead atoms. The molecule has 1 aliphatic heterocycles. The van der Waals surface area contributed by atoms with Gasteiger partial charge in [-0.15, -0.1) is 0 Å². The van der Waals surface area contributed by atoms with E-state index in [9.17, 15) is 18.0 Å². The predicted octanol–water partition coefficient (Wildman–Crippen LogP) is 3.14. The van der Waals surface area contributed by atoms with E-state index < -0.39 is 12.7 Å². The van der Waals surface area contributed by atoms with Crippen molar-refractivity contribution in [2.75, 3.05) is 39.3 Å². The number of alkyl halides is 3. The van der Waals surface area contributed by atoms with Crippen LogP contribution in [0.5, 0.6) is 5.75 Å². The number of hydrogen-bond donors (Lipinski definition) is 0. The zero-order valence-electron chi connectivity index (χ0n) is 12.1. The van der Waals surface area contributed by atoms with E-state index in [1.165, 1.54) is 9.80 Å². The fourth-order valence-electron chi connectivity index (χ4n) is 2.26. The van der Waals surface area contributed by atoms with Gasteiger partial charge in [-0.1, -0.05) is 15.9 Å². The first-order chi connectivity index (χ1) is 10.7. The molecule has 0 radical (unpaired) electrons. The molecule has 0 unspecified atom stereocenters. The SMILES string of the molecule is O=C(COc1cc(Br)cc(I)c1)N1CCN(CC(F)(F)F)CC1. The lowest BCUT2D eigenvalue weighted by Gasteiger charge is -2.34. The molecule has 128 valence electrons. The molecule has 1 fully saturated rings. The molecular formula is C14H15BrF3IN2O2. The number of carbonyl (C=O) groups excluding carboxylic acids is 1. The predicted molar refractivity (Wildman–Crippen MR) is 91.4 cm³/mol. The molecule has 1 amide bonds. The van der Waals surface area contributed by atoms with Gasteiger partial charge in [0, 0.05) is 34.2 Å². The molecule has 1 aromatic rings. The molecule has 1 aliphatic rings. The molecule has 1 saturated heterocycles. The summed E-state index contributed by atoms with van der Waals surface area (Å²) in [5.74, 6) is 0.361. The highest BCUT2D eigenvalue weighted by Crippen LogP contribution is 2.22. The summed E-state index contributed by atoms with van der Waals surface area (Å²) in [6.07, 6.45) is -4.20. The van der Waals surface area contributed by atoms with Gasteiger partial charge < -0.3 is 9.64 Å². The van der Waals surface area contributed by atoms with Crippen LogP contribution in [0.3, 0.4) is 0 Å². The maximum atomic E-state index is 12.3. The first-order valence-electron chi connectivity index (χ1n) is 6.89. The van der Waals surface area contributed by atoms with Crippen LogP contribution in [0.25, 0.3) is 0 Å². The van der Waals surface area contributed by atoms with Crippen LogP contribution in [0.1, 0.15) is 0 Å². The summed E-state index contributed by atoms with van der Waals surface area (Å²) in [6.45, 7) is -0.0313. The molecule has 0 aliphatic carbocycles. The van der Waals surface area contributed by atoms with Gasteiger partial charge in [0.1, 0.15) is 5.75 Å². The molecule has 2 rings (SSSR count). The van der Waals surface area contributed by atoms with Crippen molar-refractivity contribution in [2.45, 2.75) is 6.18 Å². The lowest BCUT2D eigenvalue weighted by molar-refractivity contribution is -0.152. The zero-order valence-corrected chi connectivity index (χ0v) is 15.8. The minimum Gasteiger partial charge on any atom is -0.484 e. The van der Waals surface area contributed by atoms with E-state index in [-0.39, 0.29) is 38.7 Å². The van der Waals surface area contributed by atoms with Gasteiger partial charge >= 0.3 is 6.18 Å². The standard InChI is InChI=1S/C14H15BrF3IN2O2/c15-10-5-11(19)7-12(6-10)23-8-13(22)21-3-1-20(2-4-21)9-14(16,17)18/h5-7H,1-4,8-9H2. The summed E-state index contributed by atoms with van der Waals surface area (Å²) >= 11 is 5.49. The summed E-state index contributed by atoms with van der Waals surface area (Å²) in [6, 6.07) is 5.48. The van der Waals surface area contributed by atoms with Crippen LogP contribution in [-0.2, 0) is 4.79 Å². The van der Waals surface area contributed by atoms with Gasteiger partial charge in [0.05, 0.1) is 6.54 Å². The molecule has 0 aromatic heterocycles. The lowest BCUT2D eigenvalue weighted by Crippen LogP contribution is -2.51. The smallest absolute Gasteiger partial charge is 0.401 e. The van der Waals surface area contributed by atoms with Crippen LogP contribution in [-0.4, -0.2) is 61.2 Å². The van der Waals surface area contributed by atoms with Crippen LogP contribution in [0.4, 0.5) is 13.2 Å². The number of ether oxygens (including phenoxy) is 1. The highest BCUT2D eigenvalue weighted by Gasteiger charge is 2.32. The maximum Gasteiger partial charge on any atom is 0.401 e. The second-order valence-electron chi connectivity index (χ2n) is 5.17. The first-order valence-corrected chi connectivity index (χ1v) is 8.76. The summed E-state index contributed by atoms with van der Waals surface area (Å²) < 4.78 is 44.3. The van der Waals surface area contributed by atoms with Gasteiger partial charge in [-0.2, -0.15) is 13.2 Å². The number of amides is 1. The van der Waals surface area contributed by atoms with Gasteiger partial charge in [0.15, 0.2) is 6.61 Å². The Morgan fingerprint density at radius 1 is 1.22 bits per heavy atom. The van der Waals surface area contributed by atoms with Crippen molar-refractivity contribution < 1.29 is 22.7 Å². The zero-order chi connectivity index (χ0) is 17.0. The molecule has 9 heteroatoms. The van der Waals surface area contributed by atoms with Crippen molar-refractivity contribution in [1.29, 1.82) is 0 Å². The Morgan fingerprint density at radius 3 is 2.43 bits per heavy atom. The summed E-state index contributed by atoms with van der Waals surface area (Å²) in [4.78, 5) is 14.9. The van der Waals surface area contributed by atoms with Crippen molar-refractivity contribution in [3.63, 3.8) is 0 Å². The molecule has 0 atom stereocenters. The van der Waals surface area contributed by atoms with Gasteiger partial charge in [0.25, 0.3) is 5.91 Å². The number of halogens is 5. The summed E-state index contributed by atoms with van der Waals surface area (Å²) in [7, 11) is 0. The third-order valence-electron chi connectivity index (χ3n) is 3.33.